The maximum absolute atomic E-state index is 12.0. The summed E-state index contributed by atoms with van der Waals surface area (Å²) in [4.78, 5) is 12.0. The largest absolute Gasteiger partial charge is 0.324 e. The molecule has 2 N–H and O–H groups in total. The van der Waals surface area contributed by atoms with E-state index in [1.807, 2.05) is 51.2 Å². The van der Waals surface area contributed by atoms with Gasteiger partial charge < -0.3 is 10.6 Å². The zero-order valence-corrected chi connectivity index (χ0v) is 14.6. The molecular formula is C15H22Cl2N4O. The van der Waals surface area contributed by atoms with E-state index in [9.17, 15) is 4.79 Å². The number of nitrogens with one attached hydrogen (secondary N) is 2. The molecule has 0 radical (unpaired) electrons. The Labute approximate surface area is 143 Å². The van der Waals surface area contributed by atoms with Gasteiger partial charge in [0.2, 0.25) is 5.91 Å². The van der Waals surface area contributed by atoms with Crippen molar-refractivity contribution in [3.05, 3.63) is 47.3 Å². The van der Waals surface area contributed by atoms with Crippen LogP contribution in [-0.2, 0) is 17.9 Å². The van der Waals surface area contributed by atoms with Crippen molar-refractivity contribution < 1.29 is 4.79 Å². The highest BCUT2D eigenvalue weighted by atomic mass is 35.5. The lowest BCUT2D eigenvalue weighted by Gasteiger charge is -2.07. The van der Waals surface area contributed by atoms with Gasteiger partial charge in [0.05, 0.1) is 5.69 Å². The van der Waals surface area contributed by atoms with Crippen LogP contribution in [0.2, 0.25) is 0 Å². The van der Waals surface area contributed by atoms with Gasteiger partial charge in [-0.05, 0) is 44.7 Å². The first-order valence-electron chi connectivity index (χ1n) is 6.63. The lowest BCUT2D eigenvalue weighted by atomic mass is 10.2. The molecule has 1 aromatic carbocycles. The highest BCUT2D eigenvalue weighted by molar-refractivity contribution is 5.90. The van der Waals surface area contributed by atoms with Crippen molar-refractivity contribution in [3.8, 4) is 0 Å². The van der Waals surface area contributed by atoms with Gasteiger partial charge in [0.15, 0.2) is 0 Å². The Hall–Kier alpha value is -1.56. The van der Waals surface area contributed by atoms with Gasteiger partial charge in [-0.3, -0.25) is 9.48 Å². The molecule has 0 fully saturated rings. The van der Waals surface area contributed by atoms with Crippen molar-refractivity contribution in [1.29, 1.82) is 0 Å². The molecule has 1 aromatic heterocycles. The molecule has 0 aliphatic heterocycles. The third-order valence-corrected chi connectivity index (χ3v) is 3.02. The van der Waals surface area contributed by atoms with E-state index >= 15 is 0 Å². The Morgan fingerprint density at radius 2 is 1.82 bits per heavy atom. The highest BCUT2D eigenvalue weighted by Crippen LogP contribution is 2.10. The number of nitrogens with zero attached hydrogens (tertiary/aromatic N) is 2. The van der Waals surface area contributed by atoms with E-state index in [1.165, 1.54) is 5.56 Å². The fourth-order valence-corrected chi connectivity index (χ4v) is 2.08. The number of hydrogen-bond donors (Lipinski definition) is 2. The van der Waals surface area contributed by atoms with Crippen molar-refractivity contribution >= 4 is 36.4 Å². The van der Waals surface area contributed by atoms with E-state index in [2.05, 4.69) is 15.7 Å². The molecule has 1 heterocycles. The maximum atomic E-state index is 12.0. The average Bonchev–Trinajstić information content (AvgIpc) is 2.70. The van der Waals surface area contributed by atoms with Crippen molar-refractivity contribution in [2.24, 2.45) is 0 Å². The number of carbonyl (C=O) groups excluding carboxylic acids is 1. The minimum Gasteiger partial charge on any atom is -0.324 e. The summed E-state index contributed by atoms with van der Waals surface area (Å²) < 4.78 is 1.71. The van der Waals surface area contributed by atoms with Crippen molar-refractivity contribution in [3.63, 3.8) is 0 Å². The van der Waals surface area contributed by atoms with Gasteiger partial charge in [0, 0.05) is 17.9 Å². The summed E-state index contributed by atoms with van der Waals surface area (Å²) in [6.07, 6.45) is 0. The van der Waals surface area contributed by atoms with Crippen LogP contribution in [0.25, 0.3) is 0 Å². The van der Waals surface area contributed by atoms with E-state index in [0.717, 1.165) is 23.6 Å². The molecule has 0 saturated heterocycles. The average molecular weight is 345 g/mol. The summed E-state index contributed by atoms with van der Waals surface area (Å²) in [5.41, 5.74) is 3.90. The normalized spacial score (nSPS) is 9.59. The summed E-state index contributed by atoms with van der Waals surface area (Å²) in [5, 5.41) is 10.2. The van der Waals surface area contributed by atoms with Gasteiger partial charge in [-0.15, -0.1) is 24.8 Å². The van der Waals surface area contributed by atoms with Crippen LogP contribution in [0.5, 0.6) is 0 Å². The molecule has 0 bridgehead atoms. The number of halogens is 2. The van der Waals surface area contributed by atoms with Gasteiger partial charge in [-0.25, -0.2) is 0 Å². The van der Waals surface area contributed by atoms with Crippen LogP contribution in [0.1, 0.15) is 17.0 Å². The quantitative estimate of drug-likeness (QED) is 0.876. The SMILES string of the molecule is CNCc1ccc(NC(=O)Cn2nc(C)cc2C)cc1.Cl.Cl. The molecule has 22 heavy (non-hydrogen) atoms. The zero-order valence-electron chi connectivity index (χ0n) is 12.9. The number of aryl methyl sites for hydroxylation is 2. The van der Waals surface area contributed by atoms with Crippen molar-refractivity contribution in [2.75, 3.05) is 12.4 Å². The number of carbonyl (C=O) groups is 1. The molecule has 5 nitrogen and oxygen atoms in total. The van der Waals surface area contributed by atoms with Gasteiger partial charge >= 0.3 is 0 Å². The summed E-state index contributed by atoms with van der Waals surface area (Å²) >= 11 is 0. The number of hydrogen-bond acceptors (Lipinski definition) is 3. The second-order valence-corrected chi connectivity index (χ2v) is 4.86. The predicted molar refractivity (Wildman–Crippen MR) is 94.0 cm³/mol. The first-order valence-corrected chi connectivity index (χ1v) is 6.63. The summed E-state index contributed by atoms with van der Waals surface area (Å²) in [5.74, 6) is -0.0717. The molecule has 0 atom stereocenters. The van der Waals surface area contributed by atoms with Gasteiger partial charge in [-0.1, -0.05) is 12.1 Å². The molecule has 0 aliphatic carbocycles. The smallest absolute Gasteiger partial charge is 0.246 e. The molecule has 0 spiro atoms. The van der Waals surface area contributed by atoms with Crippen LogP contribution >= 0.6 is 24.8 Å². The first kappa shape index (κ1) is 20.4. The van der Waals surface area contributed by atoms with Crippen LogP contribution in [0.3, 0.4) is 0 Å². The van der Waals surface area contributed by atoms with E-state index < -0.39 is 0 Å². The lowest BCUT2D eigenvalue weighted by Crippen LogP contribution is -2.20. The van der Waals surface area contributed by atoms with Gasteiger partial charge in [0.1, 0.15) is 6.54 Å². The minimum atomic E-state index is -0.0717. The monoisotopic (exact) mass is 344 g/mol. The van der Waals surface area contributed by atoms with Crippen LogP contribution in [0.15, 0.2) is 30.3 Å². The maximum Gasteiger partial charge on any atom is 0.246 e. The lowest BCUT2D eigenvalue weighted by molar-refractivity contribution is -0.116. The van der Waals surface area contributed by atoms with E-state index in [4.69, 9.17) is 0 Å². The molecule has 122 valence electrons. The standard InChI is InChI=1S/C15H20N4O.2ClH/c1-11-8-12(2)19(18-11)10-15(20)17-14-6-4-13(5-7-14)9-16-3;;/h4-8,16H,9-10H2,1-3H3,(H,17,20);2*1H. The number of anilines is 1. The second-order valence-electron chi connectivity index (χ2n) is 4.86. The topological polar surface area (TPSA) is 58.9 Å². The van der Waals surface area contributed by atoms with E-state index in [1.54, 1.807) is 4.68 Å². The molecule has 7 heteroatoms. The summed E-state index contributed by atoms with van der Waals surface area (Å²) in [6.45, 7) is 4.92. The van der Waals surface area contributed by atoms with Crippen LogP contribution < -0.4 is 10.6 Å². The number of rotatable bonds is 5. The summed E-state index contributed by atoms with van der Waals surface area (Å²) in [7, 11) is 1.91. The molecule has 2 aromatic rings. The number of aromatic nitrogens is 2. The fourth-order valence-electron chi connectivity index (χ4n) is 2.08. The first-order chi connectivity index (χ1) is 9.58. The second kappa shape index (κ2) is 9.46. The van der Waals surface area contributed by atoms with E-state index in [0.29, 0.717) is 0 Å². The third-order valence-electron chi connectivity index (χ3n) is 3.02. The van der Waals surface area contributed by atoms with Gasteiger partial charge in [-0.2, -0.15) is 5.10 Å². The predicted octanol–water partition coefficient (Wildman–Crippen LogP) is 2.70. The third kappa shape index (κ3) is 5.67. The molecule has 1 amide bonds. The van der Waals surface area contributed by atoms with Crippen LogP contribution in [-0.4, -0.2) is 22.7 Å². The Morgan fingerprint density at radius 1 is 1.18 bits per heavy atom. The van der Waals surface area contributed by atoms with Gasteiger partial charge in [0.25, 0.3) is 0 Å². The highest BCUT2D eigenvalue weighted by Gasteiger charge is 2.07. The number of benzene rings is 1. The minimum absolute atomic E-state index is 0. The molecule has 0 saturated carbocycles. The Balaban J connectivity index is 0.00000220. The molecule has 2 rings (SSSR count). The Kier molecular flexibility index (Phi) is 8.79. The van der Waals surface area contributed by atoms with Crippen molar-refractivity contribution in [1.82, 2.24) is 15.1 Å². The molecule has 0 unspecified atom stereocenters. The van der Waals surface area contributed by atoms with Crippen LogP contribution in [0, 0.1) is 13.8 Å². The number of amides is 1. The van der Waals surface area contributed by atoms with Crippen LogP contribution in [0.4, 0.5) is 5.69 Å². The summed E-state index contributed by atoms with van der Waals surface area (Å²) in [6, 6.07) is 9.77. The zero-order chi connectivity index (χ0) is 14.5. The Morgan fingerprint density at radius 3 is 2.32 bits per heavy atom. The van der Waals surface area contributed by atoms with E-state index in [-0.39, 0.29) is 37.3 Å². The fraction of sp³-hybridized carbons (Fsp3) is 0.333. The molecule has 0 aliphatic rings. The molecular weight excluding hydrogens is 323 g/mol. The Bertz CT molecular complexity index is 596. The van der Waals surface area contributed by atoms with Crippen molar-refractivity contribution in [2.45, 2.75) is 26.9 Å².